The molecular weight excluding hydrogens is 210 g/mol. The first-order valence-corrected chi connectivity index (χ1v) is 7.24. The first-order chi connectivity index (χ1) is 8.15. The summed E-state index contributed by atoms with van der Waals surface area (Å²) in [5.74, 6) is 0. The van der Waals surface area contributed by atoms with Gasteiger partial charge in [0, 0.05) is 19.1 Å². The number of hydrogen-bond donors (Lipinski definition) is 1. The molecular formula is C14H29N3. The van der Waals surface area contributed by atoms with E-state index in [9.17, 15) is 0 Å². The second kappa shape index (κ2) is 5.68. The van der Waals surface area contributed by atoms with Crippen molar-refractivity contribution < 1.29 is 0 Å². The predicted molar refractivity (Wildman–Crippen MR) is 73.1 cm³/mol. The van der Waals surface area contributed by atoms with E-state index in [1.165, 1.54) is 58.2 Å². The molecule has 2 N–H and O–H groups in total. The third-order valence-corrected chi connectivity index (χ3v) is 4.90. The van der Waals surface area contributed by atoms with Gasteiger partial charge in [0.25, 0.3) is 0 Å². The quantitative estimate of drug-likeness (QED) is 0.807. The Morgan fingerprint density at radius 2 is 2.00 bits per heavy atom. The minimum Gasteiger partial charge on any atom is -0.330 e. The molecule has 1 saturated heterocycles. The van der Waals surface area contributed by atoms with Crippen LogP contribution in [0.5, 0.6) is 0 Å². The smallest absolute Gasteiger partial charge is 0.0220 e. The van der Waals surface area contributed by atoms with Gasteiger partial charge >= 0.3 is 0 Å². The van der Waals surface area contributed by atoms with Gasteiger partial charge in [-0.05, 0) is 58.3 Å². The molecule has 0 radical (unpaired) electrons. The highest BCUT2D eigenvalue weighted by Gasteiger charge is 2.35. The maximum atomic E-state index is 6.04. The number of likely N-dealkylation sites (N-methyl/N-ethyl adjacent to an activating group) is 2. The molecule has 1 aliphatic heterocycles. The van der Waals surface area contributed by atoms with Gasteiger partial charge in [-0.25, -0.2) is 0 Å². The third-order valence-electron chi connectivity index (χ3n) is 4.90. The summed E-state index contributed by atoms with van der Waals surface area (Å²) in [6, 6.07) is 0.748. The SMILES string of the molecule is CN1CCCC(N(C)CC2(CN)CCCC2)C1. The fraction of sp³-hybridized carbons (Fsp3) is 1.00. The Kier molecular flexibility index (Phi) is 4.45. The van der Waals surface area contributed by atoms with Crippen LogP contribution in [0.25, 0.3) is 0 Å². The summed E-state index contributed by atoms with van der Waals surface area (Å²) in [6.45, 7) is 4.59. The zero-order valence-corrected chi connectivity index (χ0v) is 11.6. The van der Waals surface area contributed by atoms with Crippen molar-refractivity contribution in [2.75, 3.05) is 40.3 Å². The zero-order chi connectivity index (χ0) is 12.3. The molecule has 0 aromatic heterocycles. The van der Waals surface area contributed by atoms with E-state index in [0.29, 0.717) is 5.41 Å². The molecule has 1 unspecified atom stereocenters. The lowest BCUT2D eigenvalue weighted by Crippen LogP contribution is -2.49. The van der Waals surface area contributed by atoms with Crippen LogP contribution < -0.4 is 5.73 Å². The van der Waals surface area contributed by atoms with Crippen molar-refractivity contribution in [3.05, 3.63) is 0 Å². The molecule has 3 nitrogen and oxygen atoms in total. The van der Waals surface area contributed by atoms with E-state index < -0.39 is 0 Å². The highest BCUT2D eigenvalue weighted by molar-refractivity contribution is 4.90. The van der Waals surface area contributed by atoms with E-state index in [1.54, 1.807) is 0 Å². The molecule has 2 aliphatic rings. The molecule has 100 valence electrons. The van der Waals surface area contributed by atoms with Crippen molar-refractivity contribution in [3.8, 4) is 0 Å². The van der Waals surface area contributed by atoms with E-state index >= 15 is 0 Å². The van der Waals surface area contributed by atoms with Crippen molar-refractivity contribution in [1.82, 2.24) is 9.80 Å². The van der Waals surface area contributed by atoms with Crippen LogP contribution in [0.2, 0.25) is 0 Å². The third kappa shape index (κ3) is 3.21. The van der Waals surface area contributed by atoms with Crippen molar-refractivity contribution in [2.45, 2.75) is 44.6 Å². The number of piperidine rings is 1. The highest BCUT2D eigenvalue weighted by Crippen LogP contribution is 2.38. The summed E-state index contributed by atoms with van der Waals surface area (Å²) in [5, 5.41) is 0. The van der Waals surface area contributed by atoms with Crippen molar-refractivity contribution in [2.24, 2.45) is 11.1 Å². The predicted octanol–water partition coefficient (Wildman–Crippen LogP) is 1.53. The molecule has 1 heterocycles. The number of likely N-dealkylation sites (tertiary alicyclic amines) is 1. The lowest BCUT2D eigenvalue weighted by atomic mass is 9.85. The van der Waals surface area contributed by atoms with Gasteiger partial charge in [0.05, 0.1) is 0 Å². The largest absolute Gasteiger partial charge is 0.330 e. The van der Waals surface area contributed by atoms with Crippen LogP contribution in [-0.2, 0) is 0 Å². The summed E-state index contributed by atoms with van der Waals surface area (Å²) in [4.78, 5) is 5.06. The van der Waals surface area contributed by atoms with Crippen LogP contribution >= 0.6 is 0 Å². The van der Waals surface area contributed by atoms with Gasteiger partial charge in [-0.3, -0.25) is 0 Å². The zero-order valence-electron chi connectivity index (χ0n) is 11.6. The van der Waals surface area contributed by atoms with Crippen LogP contribution in [-0.4, -0.2) is 56.1 Å². The van der Waals surface area contributed by atoms with E-state index in [2.05, 4.69) is 23.9 Å². The van der Waals surface area contributed by atoms with Crippen molar-refractivity contribution in [1.29, 1.82) is 0 Å². The van der Waals surface area contributed by atoms with Crippen LogP contribution in [0.4, 0.5) is 0 Å². The molecule has 0 aromatic rings. The van der Waals surface area contributed by atoms with Gasteiger partial charge in [-0.1, -0.05) is 12.8 Å². The van der Waals surface area contributed by atoms with Crippen LogP contribution in [0.3, 0.4) is 0 Å². The molecule has 1 atom stereocenters. The Morgan fingerprint density at radius 1 is 1.29 bits per heavy atom. The van der Waals surface area contributed by atoms with Crippen LogP contribution in [0.1, 0.15) is 38.5 Å². The van der Waals surface area contributed by atoms with E-state index in [-0.39, 0.29) is 0 Å². The highest BCUT2D eigenvalue weighted by atomic mass is 15.2. The maximum Gasteiger partial charge on any atom is 0.0220 e. The van der Waals surface area contributed by atoms with Crippen molar-refractivity contribution in [3.63, 3.8) is 0 Å². The number of nitrogens with two attached hydrogens (primary N) is 1. The topological polar surface area (TPSA) is 32.5 Å². The minimum atomic E-state index is 0.435. The molecule has 1 saturated carbocycles. The van der Waals surface area contributed by atoms with Gasteiger partial charge in [0.1, 0.15) is 0 Å². The molecule has 2 fully saturated rings. The molecule has 0 amide bonds. The first kappa shape index (κ1) is 13.3. The lowest BCUT2D eigenvalue weighted by Gasteiger charge is -2.40. The molecule has 1 aliphatic carbocycles. The standard InChI is InChI=1S/C14H29N3/c1-16-9-5-6-13(10-16)17(2)12-14(11-15)7-3-4-8-14/h13H,3-12,15H2,1-2H3. The second-order valence-electron chi connectivity index (χ2n) is 6.38. The van der Waals surface area contributed by atoms with Crippen LogP contribution in [0, 0.1) is 5.41 Å². The molecule has 0 bridgehead atoms. The first-order valence-electron chi connectivity index (χ1n) is 7.24. The fourth-order valence-corrected chi connectivity index (χ4v) is 3.71. The Labute approximate surface area is 106 Å². The summed E-state index contributed by atoms with van der Waals surface area (Å²) in [7, 11) is 4.55. The average molecular weight is 239 g/mol. The van der Waals surface area contributed by atoms with Gasteiger partial charge in [0.2, 0.25) is 0 Å². The normalized spacial score (nSPS) is 30.0. The Bertz CT molecular complexity index is 236. The molecule has 3 heteroatoms. The molecule has 17 heavy (non-hydrogen) atoms. The second-order valence-corrected chi connectivity index (χ2v) is 6.38. The average Bonchev–Trinajstić information content (AvgIpc) is 2.78. The Hall–Kier alpha value is -0.120. The summed E-state index contributed by atoms with van der Waals surface area (Å²) in [6.07, 6.45) is 8.17. The minimum absolute atomic E-state index is 0.435. The van der Waals surface area contributed by atoms with Gasteiger partial charge in [-0.2, -0.15) is 0 Å². The monoisotopic (exact) mass is 239 g/mol. The van der Waals surface area contributed by atoms with E-state index in [0.717, 1.165) is 12.6 Å². The number of rotatable bonds is 4. The summed E-state index contributed by atoms with van der Waals surface area (Å²) in [5.41, 5.74) is 6.47. The number of nitrogens with zero attached hydrogens (tertiary/aromatic N) is 2. The fourth-order valence-electron chi connectivity index (χ4n) is 3.71. The van der Waals surface area contributed by atoms with Crippen molar-refractivity contribution >= 4 is 0 Å². The van der Waals surface area contributed by atoms with Gasteiger partial charge in [-0.15, -0.1) is 0 Å². The van der Waals surface area contributed by atoms with E-state index in [1.807, 2.05) is 0 Å². The summed E-state index contributed by atoms with van der Waals surface area (Å²) < 4.78 is 0. The Balaban J connectivity index is 1.88. The maximum absolute atomic E-state index is 6.04. The van der Waals surface area contributed by atoms with Crippen LogP contribution in [0.15, 0.2) is 0 Å². The van der Waals surface area contributed by atoms with E-state index in [4.69, 9.17) is 5.73 Å². The lowest BCUT2D eigenvalue weighted by molar-refractivity contribution is 0.0910. The number of hydrogen-bond acceptors (Lipinski definition) is 3. The van der Waals surface area contributed by atoms with Gasteiger partial charge in [0.15, 0.2) is 0 Å². The summed E-state index contributed by atoms with van der Waals surface area (Å²) >= 11 is 0. The van der Waals surface area contributed by atoms with Gasteiger partial charge < -0.3 is 15.5 Å². The molecule has 0 spiro atoms. The molecule has 2 rings (SSSR count). The Morgan fingerprint density at radius 3 is 2.59 bits per heavy atom. The molecule has 0 aromatic carbocycles.